The normalized spacial score (nSPS) is 16.3. The topological polar surface area (TPSA) is 50.8 Å². The molecule has 5 nitrogen and oxygen atoms in total. The predicted octanol–water partition coefficient (Wildman–Crippen LogP) is 3.94. The molecule has 1 amide bonds. The second kappa shape index (κ2) is 9.93. The van der Waals surface area contributed by atoms with Crippen LogP contribution in [0.4, 0.5) is 5.69 Å². The van der Waals surface area contributed by atoms with E-state index >= 15 is 0 Å². The number of amides is 1. The highest BCUT2D eigenvalue weighted by Gasteiger charge is 2.48. The van der Waals surface area contributed by atoms with Crippen LogP contribution in [0, 0.1) is 5.92 Å². The van der Waals surface area contributed by atoms with Crippen molar-refractivity contribution in [2.24, 2.45) is 5.92 Å². The van der Waals surface area contributed by atoms with E-state index in [0.717, 1.165) is 50.3 Å². The molecule has 0 aliphatic heterocycles. The Morgan fingerprint density at radius 3 is 2.38 bits per heavy atom. The Hall–Kier alpha value is -1.59. The van der Waals surface area contributed by atoms with Crippen LogP contribution >= 0.6 is 0 Å². The van der Waals surface area contributed by atoms with Gasteiger partial charge in [0, 0.05) is 18.8 Å². The average molecular weight is 363 g/mol. The summed E-state index contributed by atoms with van der Waals surface area (Å²) in [5.41, 5.74) is 0.0472. The lowest BCUT2D eigenvalue weighted by atomic mass is 9.99. The van der Waals surface area contributed by atoms with E-state index in [-0.39, 0.29) is 5.91 Å². The van der Waals surface area contributed by atoms with Crippen molar-refractivity contribution in [1.82, 2.24) is 4.90 Å². The van der Waals surface area contributed by atoms with Crippen LogP contribution in [-0.2, 0) is 9.53 Å². The number of ether oxygens (including phenoxy) is 2. The largest absolute Gasteiger partial charge is 0.494 e. The van der Waals surface area contributed by atoms with Gasteiger partial charge in [0.25, 0.3) is 5.91 Å². The third-order valence-electron chi connectivity index (χ3n) is 5.15. The minimum atomic E-state index is -0.728. The van der Waals surface area contributed by atoms with Crippen LogP contribution in [0.5, 0.6) is 5.75 Å². The molecule has 0 saturated heterocycles. The van der Waals surface area contributed by atoms with E-state index < -0.39 is 5.60 Å². The zero-order valence-corrected chi connectivity index (χ0v) is 16.7. The van der Waals surface area contributed by atoms with Gasteiger partial charge in [0.15, 0.2) is 0 Å². The van der Waals surface area contributed by atoms with Crippen LogP contribution in [0.15, 0.2) is 24.3 Å². The smallest absolute Gasteiger partial charge is 0.256 e. The van der Waals surface area contributed by atoms with Crippen molar-refractivity contribution in [3.05, 3.63) is 24.3 Å². The molecule has 0 spiro atoms. The molecule has 0 heterocycles. The van der Waals surface area contributed by atoms with Gasteiger partial charge in [-0.1, -0.05) is 13.8 Å². The molecule has 1 aliphatic rings. The lowest BCUT2D eigenvalue weighted by Crippen LogP contribution is -2.44. The Morgan fingerprint density at radius 1 is 1.19 bits per heavy atom. The second-order valence-electron chi connectivity index (χ2n) is 7.02. The quantitative estimate of drug-likeness (QED) is 0.572. The van der Waals surface area contributed by atoms with E-state index in [1.165, 1.54) is 0 Å². The number of hydrogen-bond donors (Lipinski definition) is 1. The molecular formula is C21H34N2O3. The van der Waals surface area contributed by atoms with Crippen LogP contribution in [0.3, 0.4) is 0 Å². The first-order chi connectivity index (χ1) is 12.5. The first-order valence-electron chi connectivity index (χ1n) is 9.94. The van der Waals surface area contributed by atoms with Gasteiger partial charge in [-0.3, -0.25) is 4.79 Å². The number of benzene rings is 1. The van der Waals surface area contributed by atoms with E-state index in [4.69, 9.17) is 9.47 Å². The Morgan fingerprint density at radius 2 is 1.85 bits per heavy atom. The molecule has 0 bridgehead atoms. The van der Waals surface area contributed by atoms with E-state index in [9.17, 15) is 4.79 Å². The first-order valence-corrected chi connectivity index (χ1v) is 9.94. The lowest BCUT2D eigenvalue weighted by Gasteiger charge is -2.28. The molecule has 1 N–H and O–H groups in total. The molecule has 1 atom stereocenters. The van der Waals surface area contributed by atoms with Gasteiger partial charge < -0.3 is 19.7 Å². The summed E-state index contributed by atoms with van der Waals surface area (Å²) in [6.07, 6.45) is 3.13. The Bertz CT molecular complexity index is 553. The summed E-state index contributed by atoms with van der Waals surface area (Å²) in [5, 5.41) is 2.99. The maximum atomic E-state index is 12.7. The van der Waals surface area contributed by atoms with Crippen molar-refractivity contribution in [1.29, 1.82) is 0 Å². The van der Waals surface area contributed by atoms with E-state index in [2.05, 4.69) is 24.1 Å². The molecule has 1 saturated carbocycles. The minimum absolute atomic E-state index is 0.0604. The van der Waals surface area contributed by atoms with Gasteiger partial charge in [0.1, 0.15) is 11.4 Å². The van der Waals surface area contributed by atoms with Crippen molar-refractivity contribution in [3.8, 4) is 5.75 Å². The molecule has 0 unspecified atom stereocenters. The molecular weight excluding hydrogens is 328 g/mol. The molecule has 146 valence electrons. The summed E-state index contributed by atoms with van der Waals surface area (Å²) in [5.74, 6) is 1.10. The van der Waals surface area contributed by atoms with Crippen molar-refractivity contribution in [2.45, 2.75) is 52.6 Å². The van der Waals surface area contributed by atoms with Crippen molar-refractivity contribution >= 4 is 11.6 Å². The lowest BCUT2D eigenvalue weighted by molar-refractivity contribution is -0.141. The third kappa shape index (κ3) is 5.71. The molecule has 0 radical (unpaired) electrons. The van der Waals surface area contributed by atoms with Gasteiger partial charge in [-0.15, -0.1) is 0 Å². The molecule has 1 aromatic carbocycles. The van der Waals surface area contributed by atoms with Gasteiger partial charge in [-0.25, -0.2) is 0 Å². The molecule has 1 fully saturated rings. The van der Waals surface area contributed by atoms with Crippen molar-refractivity contribution in [3.63, 3.8) is 0 Å². The first kappa shape index (κ1) is 20.7. The molecule has 1 aromatic rings. The fourth-order valence-corrected chi connectivity index (χ4v) is 3.21. The SMILES string of the molecule is CCO[C@](C)(C(=O)Nc1ccc(OCCCN(CC)CC)cc1)C1CC1. The fourth-order valence-electron chi connectivity index (χ4n) is 3.21. The Labute approximate surface area is 158 Å². The van der Waals surface area contributed by atoms with E-state index in [1.54, 1.807) is 0 Å². The number of carbonyl (C=O) groups is 1. The van der Waals surface area contributed by atoms with Crippen LogP contribution in [0.1, 0.15) is 47.0 Å². The van der Waals surface area contributed by atoms with Crippen LogP contribution in [-0.4, -0.2) is 49.3 Å². The van der Waals surface area contributed by atoms with E-state index in [1.807, 2.05) is 38.1 Å². The van der Waals surface area contributed by atoms with Gasteiger partial charge in [0.2, 0.25) is 0 Å². The minimum Gasteiger partial charge on any atom is -0.494 e. The van der Waals surface area contributed by atoms with Gasteiger partial charge >= 0.3 is 0 Å². The van der Waals surface area contributed by atoms with Crippen LogP contribution in [0.2, 0.25) is 0 Å². The Balaban J connectivity index is 1.80. The standard InChI is InChI=1S/C21H34N2O3/c1-5-23(6-2)15-8-16-25-19-13-11-18(12-14-19)22-20(24)21(4,26-7-3)17-9-10-17/h11-14,17H,5-10,15-16H2,1-4H3,(H,22,24)/t21-/m0/s1. The summed E-state index contributed by atoms with van der Waals surface area (Å²) >= 11 is 0. The number of hydrogen-bond acceptors (Lipinski definition) is 4. The monoisotopic (exact) mass is 362 g/mol. The maximum absolute atomic E-state index is 12.7. The zero-order valence-electron chi connectivity index (χ0n) is 16.7. The molecule has 0 aromatic heterocycles. The molecule has 2 rings (SSSR count). The fraction of sp³-hybridized carbons (Fsp3) is 0.667. The molecule has 5 heteroatoms. The summed E-state index contributed by atoms with van der Waals surface area (Å²) in [4.78, 5) is 15.0. The highest BCUT2D eigenvalue weighted by Crippen LogP contribution is 2.42. The average Bonchev–Trinajstić information content (AvgIpc) is 3.49. The summed E-state index contributed by atoms with van der Waals surface area (Å²) in [6, 6.07) is 7.58. The van der Waals surface area contributed by atoms with Crippen LogP contribution < -0.4 is 10.1 Å². The van der Waals surface area contributed by atoms with Gasteiger partial charge in [0.05, 0.1) is 6.61 Å². The number of rotatable bonds is 12. The summed E-state index contributed by atoms with van der Waals surface area (Å²) in [7, 11) is 0. The summed E-state index contributed by atoms with van der Waals surface area (Å²) < 4.78 is 11.6. The predicted molar refractivity (Wildman–Crippen MR) is 106 cm³/mol. The third-order valence-corrected chi connectivity index (χ3v) is 5.15. The Kier molecular flexibility index (Phi) is 7.91. The number of nitrogens with zero attached hydrogens (tertiary/aromatic N) is 1. The second-order valence-corrected chi connectivity index (χ2v) is 7.02. The molecule has 1 aliphatic carbocycles. The number of anilines is 1. The van der Waals surface area contributed by atoms with Crippen LogP contribution in [0.25, 0.3) is 0 Å². The molecule has 26 heavy (non-hydrogen) atoms. The summed E-state index contributed by atoms with van der Waals surface area (Å²) in [6.45, 7) is 12.6. The van der Waals surface area contributed by atoms with Crippen molar-refractivity contribution in [2.75, 3.05) is 38.2 Å². The highest BCUT2D eigenvalue weighted by molar-refractivity contribution is 5.97. The van der Waals surface area contributed by atoms with Crippen molar-refractivity contribution < 1.29 is 14.3 Å². The van der Waals surface area contributed by atoms with E-state index in [0.29, 0.717) is 19.1 Å². The van der Waals surface area contributed by atoms with Gasteiger partial charge in [-0.05, 0) is 76.4 Å². The zero-order chi connectivity index (χ0) is 19.0. The highest BCUT2D eigenvalue weighted by atomic mass is 16.5. The number of nitrogens with one attached hydrogen (secondary N) is 1. The maximum Gasteiger partial charge on any atom is 0.256 e. The van der Waals surface area contributed by atoms with Gasteiger partial charge in [-0.2, -0.15) is 0 Å². The number of carbonyl (C=O) groups excluding carboxylic acids is 1.